The molecule has 5 nitrogen and oxygen atoms in total. The molecule has 1 heterocycles. The van der Waals surface area contributed by atoms with Crippen molar-refractivity contribution in [1.82, 2.24) is 9.97 Å². The lowest BCUT2D eigenvalue weighted by Gasteiger charge is -2.32. The van der Waals surface area contributed by atoms with E-state index in [1.54, 1.807) is 0 Å². The molecule has 4 rings (SSSR count). The first-order valence-corrected chi connectivity index (χ1v) is 9.70. The van der Waals surface area contributed by atoms with E-state index in [2.05, 4.69) is 18.0 Å². The maximum absolute atomic E-state index is 6.00. The zero-order valence-corrected chi connectivity index (χ0v) is 15.8. The van der Waals surface area contributed by atoms with Crippen LogP contribution in [0.25, 0.3) is 0 Å². The Kier molecular flexibility index (Phi) is 5.00. The minimum atomic E-state index is 0.326. The van der Waals surface area contributed by atoms with Crippen molar-refractivity contribution in [2.75, 3.05) is 25.1 Å². The quantitative estimate of drug-likeness (QED) is 0.802. The summed E-state index contributed by atoms with van der Waals surface area (Å²) in [5, 5.41) is 0.684. The van der Waals surface area contributed by atoms with Gasteiger partial charge < -0.3 is 15.4 Å². The van der Waals surface area contributed by atoms with Gasteiger partial charge in [-0.15, -0.1) is 0 Å². The summed E-state index contributed by atoms with van der Waals surface area (Å²) in [6.07, 6.45) is 4.47. The van der Waals surface area contributed by atoms with Crippen molar-refractivity contribution in [3.05, 3.63) is 46.9 Å². The number of benzene rings is 1. The number of aromatic nitrogens is 2. The first-order chi connectivity index (χ1) is 12.6. The average molecular weight is 373 g/mol. The van der Waals surface area contributed by atoms with E-state index in [1.165, 1.54) is 12.8 Å². The molecule has 0 atom stereocenters. The van der Waals surface area contributed by atoms with Gasteiger partial charge in [0.2, 0.25) is 0 Å². The third-order valence-electron chi connectivity index (χ3n) is 5.17. The van der Waals surface area contributed by atoms with Crippen LogP contribution in [-0.2, 0) is 0 Å². The molecule has 1 aromatic heterocycles. The van der Waals surface area contributed by atoms with Gasteiger partial charge in [-0.1, -0.05) is 17.7 Å². The third kappa shape index (κ3) is 4.10. The van der Waals surface area contributed by atoms with Crippen molar-refractivity contribution in [3.8, 4) is 5.75 Å². The first kappa shape index (κ1) is 17.6. The Morgan fingerprint density at radius 3 is 2.69 bits per heavy atom. The lowest BCUT2D eigenvalue weighted by molar-refractivity contribution is 0.325. The average Bonchev–Trinajstić information content (AvgIpc) is 3.44. The Balaban J connectivity index is 1.42. The Hall–Kier alpha value is -1.85. The molecule has 2 saturated carbocycles. The van der Waals surface area contributed by atoms with E-state index in [1.807, 2.05) is 24.3 Å². The lowest BCUT2D eigenvalue weighted by Crippen LogP contribution is -2.35. The molecule has 2 aliphatic carbocycles. The molecule has 2 N–H and O–H groups in total. The largest absolute Gasteiger partial charge is 0.492 e. The second-order valence-corrected chi connectivity index (χ2v) is 7.88. The van der Waals surface area contributed by atoms with E-state index < -0.39 is 0 Å². The lowest BCUT2D eigenvalue weighted by atomic mass is 9.78. The molecule has 2 aliphatic rings. The minimum Gasteiger partial charge on any atom is -0.492 e. The Labute approximate surface area is 159 Å². The fraction of sp³-hybridized carbons (Fsp3) is 0.500. The summed E-state index contributed by atoms with van der Waals surface area (Å²) in [6, 6.07) is 9.93. The van der Waals surface area contributed by atoms with Gasteiger partial charge in [0.25, 0.3) is 0 Å². The molecule has 0 unspecified atom stereocenters. The topological polar surface area (TPSA) is 64.3 Å². The number of ether oxygens (including phenoxy) is 1. The van der Waals surface area contributed by atoms with E-state index in [9.17, 15) is 0 Å². The molecule has 0 aliphatic heterocycles. The van der Waals surface area contributed by atoms with Crippen molar-refractivity contribution in [2.45, 2.75) is 43.6 Å². The molecular weight excluding hydrogens is 348 g/mol. The van der Waals surface area contributed by atoms with E-state index >= 15 is 0 Å². The van der Waals surface area contributed by atoms with Crippen LogP contribution < -0.4 is 15.4 Å². The number of halogens is 1. The van der Waals surface area contributed by atoms with Crippen molar-refractivity contribution in [3.63, 3.8) is 0 Å². The van der Waals surface area contributed by atoms with Crippen LogP contribution in [0, 0.1) is 0 Å². The van der Waals surface area contributed by atoms with E-state index in [4.69, 9.17) is 32.0 Å². The summed E-state index contributed by atoms with van der Waals surface area (Å²) in [7, 11) is 2.05. The van der Waals surface area contributed by atoms with Crippen LogP contribution in [0.15, 0.2) is 30.3 Å². The van der Waals surface area contributed by atoms with E-state index in [0.29, 0.717) is 29.5 Å². The molecule has 138 valence electrons. The molecule has 6 heteroatoms. The van der Waals surface area contributed by atoms with E-state index in [-0.39, 0.29) is 0 Å². The maximum Gasteiger partial charge on any atom is 0.134 e. The molecular formula is C20H25ClN4O. The summed E-state index contributed by atoms with van der Waals surface area (Å²) < 4.78 is 5.81. The molecule has 1 aromatic carbocycles. The van der Waals surface area contributed by atoms with Crippen LogP contribution in [0.5, 0.6) is 5.75 Å². The van der Waals surface area contributed by atoms with Crippen molar-refractivity contribution >= 4 is 17.4 Å². The zero-order chi connectivity index (χ0) is 18.1. The van der Waals surface area contributed by atoms with Crippen LogP contribution in [0.2, 0.25) is 5.02 Å². The third-order valence-corrected chi connectivity index (χ3v) is 5.40. The van der Waals surface area contributed by atoms with Gasteiger partial charge in [0.15, 0.2) is 0 Å². The van der Waals surface area contributed by atoms with Crippen LogP contribution in [0.4, 0.5) is 5.82 Å². The first-order valence-electron chi connectivity index (χ1n) is 9.32. The summed E-state index contributed by atoms with van der Waals surface area (Å²) in [5.41, 5.74) is 7.12. The number of nitrogens with zero attached hydrogens (tertiary/aromatic N) is 3. The molecule has 2 aromatic rings. The van der Waals surface area contributed by atoms with Gasteiger partial charge in [-0.05, 0) is 43.9 Å². The van der Waals surface area contributed by atoms with E-state index in [0.717, 1.165) is 42.5 Å². The highest BCUT2D eigenvalue weighted by molar-refractivity contribution is 6.30. The molecule has 0 bridgehead atoms. The summed E-state index contributed by atoms with van der Waals surface area (Å²) >= 11 is 6.00. The minimum absolute atomic E-state index is 0.326. The molecule has 26 heavy (non-hydrogen) atoms. The van der Waals surface area contributed by atoms with Gasteiger partial charge in [-0.25, -0.2) is 9.97 Å². The summed E-state index contributed by atoms with van der Waals surface area (Å²) in [6.45, 7) is 1.32. The van der Waals surface area contributed by atoms with Gasteiger partial charge in [0.05, 0.1) is 6.54 Å². The fourth-order valence-electron chi connectivity index (χ4n) is 3.28. The SMILES string of the molecule is CN(CCOc1cccc(Cl)c1)c1cc(C2CC(N)C2)nc(C2CC2)n1. The highest BCUT2D eigenvalue weighted by Crippen LogP contribution is 2.41. The van der Waals surface area contributed by atoms with Gasteiger partial charge in [-0.3, -0.25) is 0 Å². The summed E-state index contributed by atoms with van der Waals surface area (Å²) in [4.78, 5) is 11.8. The highest BCUT2D eigenvalue weighted by Gasteiger charge is 2.32. The van der Waals surface area contributed by atoms with Crippen molar-refractivity contribution in [2.24, 2.45) is 5.73 Å². The summed E-state index contributed by atoms with van der Waals surface area (Å²) in [5.74, 6) is 3.79. The van der Waals surface area contributed by atoms with Gasteiger partial charge in [0.1, 0.15) is 24.0 Å². The Morgan fingerprint density at radius 2 is 2.00 bits per heavy atom. The van der Waals surface area contributed by atoms with Gasteiger partial charge in [0, 0.05) is 41.7 Å². The van der Waals surface area contributed by atoms with Crippen molar-refractivity contribution < 1.29 is 4.74 Å². The predicted octanol–water partition coefficient (Wildman–Crippen LogP) is 3.73. The second-order valence-electron chi connectivity index (χ2n) is 7.44. The fourth-order valence-corrected chi connectivity index (χ4v) is 3.46. The zero-order valence-electron chi connectivity index (χ0n) is 15.1. The predicted molar refractivity (Wildman–Crippen MR) is 104 cm³/mol. The van der Waals surface area contributed by atoms with Gasteiger partial charge in [-0.2, -0.15) is 0 Å². The number of likely N-dealkylation sites (N-methyl/N-ethyl adjacent to an activating group) is 1. The standard InChI is InChI=1S/C20H25ClN4O/c1-25(7-8-26-17-4-2-3-15(21)11-17)19-12-18(14-9-16(22)10-14)23-20(24-19)13-5-6-13/h2-4,11-14,16H,5-10,22H2,1H3. The number of rotatable bonds is 7. The number of anilines is 1. The normalized spacial score (nSPS) is 22.0. The van der Waals surface area contributed by atoms with Crippen LogP contribution in [0.1, 0.15) is 49.0 Å². The van der Waals surface area contributed by atoms with Gasteiger partial charge >= 0.3 is 0 Å². The number of hydrogen-bond acceptors (Lipinski definition) is 5. The smallest absolute Gasteiger partial charge is 0.134 e. The molecule has 0 radical (unpaired) electrons. The van der Waals surface area contributed by atoms with Crippen LogP contribution in [0.3, 0.4) is 0 Å². The molecule has 0 saturated heterocycles. The molecule has 2 fully saturated rings. The highest BCUT2D eigenvalue weighted by atomic mass is 35.5. The van der Waals surface area contributed by atoms with Crippen LogP contribution >= 0.6 is 11.6 Å². The van der Waals surface area contributed by atoms with Crippen molar-refractivity contribution in [1.29, 1.82) is 0 Å². The van der Waals surface area contributed by atoms with Crippen LogP contribution in [-0.4, -0.2) is 36.2 Å². The number of hydrogen-bond donors (Lipinski definition) is 1. The number of nitrogens with two attached hydrogens (primary N) is 1. The molecule has 0 amide bonds. The monoisotopic (exact) mass is 372 g/mol. The Bertz CT molecular complexity index is 774. The Morgan fingerprint density at radius 1 is 1.19 bits per heavy atom. The maximum atomic E-state index is 6.00. The molecule has 0 spiro atoms. The second kappa shape index (κ2) is 7.41.